The summed E-state index contributed by atoms with van der Waals surface area (Å²) in [6.45, 7) is 0. The Morgan fingerprint density at radius 2 is 1.91 bits per heavy atom. The average molecular weight is 307 g/mol. The van der Waals surface area contributed by atoms with Crippen LogP contribution in [0.25, 0.3) is 23.0 Å². The zero-order chi connectivity index (χ0) is 15.4. The Balaban J connectivity index is 1.92. The summed E-state index contributed by atoms with van der Waals surface area (Å²) in [6, 6.07) is 18.7. The Morgan fingerprint density at radius 1 is 1.09 bits per heavy atom. The number of halogens is 1. The predicted octanol–water partition coefficient (Wildman–Crippen LogP) is 5.06. The molecule has 0 spiro atoms. The molecule has 4 heteroatoms. The Kier molecular flexibility index (Phi) is 4.04. The van der Waals surface area contributed by atoms with Gasteiger partial charge >= 0.3 is 0 Å². The summed E-state index contributed by atoms with van der Waals surface area (Å²) in [5.74, 6) is 1.33. The van der Waals surface area contributed by atoms with Crippen molar-refractivity contribution < 1.29 is 4.42 Å². The molecule has 0 fully saturated rings. The monoisotopic (exact) mass is 306 g/mol. The van der Waals surface area contributed by atoms with Gasteiger partial charge in [0, 0.05) is 22.9 Å². The van der Waals surface area contributed by atoms with Crippen molar-refractivity contribution in [3.63, 3.8) is 0 Å². The van der Waals surface area contributed by atoms with E-state index in [-0.39, 0.29) is 0 Å². The van der Waals surface area contributed by atoms with Gasteiger partial charge in [-0.1, -0.05) is 17.7 Å². The molecule has 0 N–H and O–H groups in total. The Bertz CT molecular complexity index is 843. The van der Waals surface area contributed by atoms with Crippen LogP contribution in [0.5, 0.6) is 0 Å². The molecule has 0 aliphatic heterocycles. The molecule has 0 aliphatic rings. The molecule has 1 aromatic carbocycles. The fourth-order valence-electron chi connectivity index (χ4n) is 2.03. The van der Waals surface area contributed by atoms with E-state index < -0.39 is 0 Å². The molecule has 3 nitrogen and oxygen atoms in total. The van der Waals surface area contributed by atoms with E-state index in [4.69, 9.17) is 16.0 Å². The molecule has 0 aliphatic carbocycles. The Labute approximate surface area is 133 Å². The van der Waals surface area contributed by atoms with Crippen molar-refractivity contribution in [1.29, 1.82) is 5.26 Å². The van der Waals surface area contributed by atoms with Gasteiger partial charge in [-0.2, -0.15) is 5.26 Å². The third-order valence-corrected chi connectivity index (χ3v) is 3.36. The number of allylic oxidation sites excluding steroid dienone is 1. The van der Waals surface area contributed by atoms with E-state index in [9.17, 15) is 5.26 Å². The van der Waals surface area contributed by atoms with Gasteiger partial charge in [-0.3, -0.25) is 4.98 Å². The number of rotatable bonds is 3. The minimum atomic E-state index is 0.456. The fraction of sp³-hybridized carbons (Fsp3) is 0. The second kappa shape index (κ2) is 6.30. The highest BCUT2D eigenvalue weighted by atomic mass is 35.5. The number of benzene rings is 1. The first-order valence-electron chi connectivity index (χ1n) is 6.65. The number of aromatic nitrogens is 1. The van der Waals surface area contributed by atoms with Gasteiger partial charge in [0.15, 0.2) is 0 Å². The van der Waals surface area contributed by atoms with Crippen LogP contribution in [-0.4, -0.2) is 4.98 Å². The predicted molar refractivity (Wildman–Crippen MR) is 86.9 cm³/mol. The van der Waals surface area contributed by atoms with E-state index in [1.54, 1.807) is 18.3 Å². The number of furan rings is 1. The number of hydrogen-bond donors (Lipinski definition) is 0. The SMILES string of the molecule is N#C/C(=C/c1ccc(-c2ccc(Cl)cc2)o1)c1ccccn1. The third kappa shape index (κ3) is 3.08. The van der Waals surface area contributed by atoms with Gasteiger partial charge in [0.2, 0.25) is 0 Å². The van der Waals surface area contributed by atoms with Crippen LogP contribution >= 0.6 is 11.6 Å². The van der Waals surface area contributed by atoms with Gasteiger partial charge in [0.25, 0.3) is 0 Å². The molecule has 3 rings (SSSR count). The lowest BCUT2D eigenvalue weighted by Gasteiger charge is -1.98. The maximum atomic E-state index is 9.28. The lowest BCUT2D eigenvalue weighted by molar-refractivity contribution is 0.572. The number of nitriles is 1. The molecule has 3 aromatic rings. The second-order valence-electron chi connectivity index (χ2n) is 4.59. The minimum Gasteiger partial charge on any atom is -0.457 e. The molecule has 0 unspecified atom stereocenters. The molecule has 0 saturated heterocycles. The molecule has 0 saturated carbocycles. The zero-order valence-electron chi connectivity index (χ0n) is 11.5. The van der Waals surface area contributed by atoms with Crippen molar-refractivity contribution in [3.05, 3.63) is 77.3 Å². The summed E-state index contributed by atoms with van der Waals surface area (Å²) in [7, 11) is 0. The van der Waals surface area contributed by atoms with Crippen LogP contribution in [-0.2, 0) is 0 Å². The molecule has 0 radical (unpaired) electrons. The normalized spacial score (nSPS) is 11.2. The molecule has 22 heavy (non-hydrogen) atoms. The zero-order valence-corrected chi connectivity index (χ0v) is 12.3. The second-order valence-corrected chi connectivity index (χ2v) is 5.03. The van der Waals surface area contributed by atoms with Crippen molar-refractivity contribution in [2.24, 2.45) is 0 Å². The molecule has 2 heterocycles. The Morgan fingerprint density at radius 3 is 2.59 bits per heavy atom. The van der Waals surface area contributed by atoms with Gasteiger partial charge in [0.05, 0.1) is 11.3 Å². The lowest BCUT2D eigenvalue weighted by atomic mass is 10.1. The van der Waals surface area contributed by atoms with Crippen LogP contribution in [0.1, 0.15) is 11.5 Å². The molecule has 0 amide bonds. The quantitative estimate of drug-likeness (QED) is 0.635. The topological polar surface area (TPSA) is 49.8 Å². The first-order chi connectivity index (χ1) is 10.8. The highest BCUT2D eigenvalue weighted by Gasteiger charge is 2.06. The fourth-order valence-corrected chi connectivity index (χ4v) is 2.15. The Hall–Kier alpha value is -2.83. The number of nitrogens with zero attached hydrogens (tertiary/aromatic N) is 2. The molecule has 2 aromatic heterocycles. The van der Waals surface area contributed by atoms with Gasteiger partial charge < -0.3 is 4.42 Å². The van der Waals surface area contributed by atoms with Gasteiger partial charge in [-0.05, 0) is 48.5 Å². The maximum Gasteiger partial charge on any atom is 0.134 e. The number of hydrogen-bond acceptors (Lipinski definition) is 3. The minimum absolute atomic E-state index is 0.456. The van der Waals surface area contributed by atoms with E-state index in [1.165, 1.54) is 0 Å². The summed E-state index contributed by atoms with van der Waals surface area (Å²) in [5.41, 5.74) is 2.01. The first-order valence-corrected chi connectivity index (χ1v) is 7.03. The van der Waals surface area contributed by atoms with Crippen LogP contribution < -0.4 is 0 Å². The van der Waals surface area contributed by atoms with Crippen LogP contribution in [0.4, 0.5) is 0 Å². The highest BCUT2D eigenvalue weighted by Crippen LogP contribution is 2.25. The summed E-state index contributed by atoms with van der Waals surface area (Å²) in [4.78, 5) is 4.17. The van der Waals surface area contributed by atoms with Crippen molar-refractivity contribution in [1.82, 2.24) is 4.98 Å². The van der Waals surface area contributed by atoms with Gasteiger partial charge in [-0.15, -0.1) is 0 Å². The third-order valence-electron chi connectivity index (χ3n) is 3.10. The standard InChI is InChI=1S/C18H11ClN2O/c19-15-6-4-13(5-7-15)18-9-8-16(22-18)11-14(12-20)17-3-1-2-10-21-17/h1-11H/b14-11-. The van der Waals surface area contributed by atoms with Crippen LogP contribution in [0.2, 0.25) is 5.02 Å². The molecule has 106 valence electrons. The van der Waals surface area contributed by atoms with E-state index in [1.807, 2.05) is 48.5 Å². The number of pyridine rings is 1. The van der Waals surface area contributed by atoms with Crippen LogP contribution in [0.3, 0.4) is 0 Å². The van der Waals surface area contributed by atoms with E-state index in [0.717, 1.165) is 11.3 Å². The van der Waals surface area contributed by atoms with Gasteiger partial charge in [-0.25, -0.2) is 0 Å². The summed E-state index contributed by atoms with van der Waals surface area (Å²) in [5, 5.41) is 9.96. The van der Waals surface area contributed by atoms with Crippen molar-refractivity contribution in [2.75, 3.05) is 0 Å². The van der Waals surface area contributed by atoms with E-state index in [0.29, 0.717) is 22.0 Å². The van der Waals surface area contributed by atoms with E-state index >= 15 is 0 Å². The average Bonchev–Trinajstić information content (AvgIpc) is 3.03. The summed E-state index contributed by atoms with van der Waals surface area (Å²) >= 11 is 5.88. The largest absolute Gasteiger partial charge is 0.457 e. The van der Waals surface area contributed by atoms with Crippen molar-refractivity contribution in [2.45, 2.75) is 0 Å². The lowest BCUT2D eigenvalue weighted by Crippen LogP contribution is -1.84. The van der Waals surface area contributed by atoms with Crippen LogP contribution in [0, 0.1) is 11.3 Å². The van der Waals surface area contributed by atoms with E-state index in [2.05, 4.69) is 11.1 Å². The van der Waals surface area contributed by atoms with Crippen molar-refractivity contribution in [3.8, 4) is 17.4 Å². The smallest absolute Gasteiger partial charge is 0.134 e. The molecule has 0 bridgehead atoms. The van der Waals surface area contributed by atoms with Crippen LogP contribution in [0.15, 0.2) is 65.2 Å². The van der Waals surface area contributed by atoms with Gasteiger partial charge in [0.1, 0.15) is 17.6 Å². The molecule has 0 atom stereocenters. The molecular formula is C18H11ClN2O. The summed E-state index contributed by atoms with van der Waals surface area (Å²) in [6.07, 6.45) is 3.34. The summed E-state index contributed by atoms with van der Waals surface area (Å²) < 4.78 is 5.77. The maximum absolute atomic E-state index is 9.28. The molecular weight excluding hydrogens is 296 g/mol. The highest BCUT2D eigenvalue weighted by molar-refractivity contribution is 6.30. The first kappa shape index (κ1) is 14.1. The van der Waals surface area contributed by atoms with Crippen molar-refractivity contribution >= 4 is 23.3 Å².